The largest absolute Gasteiger partial charge is 0.480 e. The molecule has 0 aliphatic carbocycles. The van der Waals surface area contributed by atoms with Crippen LogP contribution in [0.5, 0.6) is 0 Å². The van der Waals surface area contributed by atoms with Crippen LogP contribution >= 0.6 is 11.6 Å². The third-order valence-electron chi connectivity index (χ3n) is 3.35. The van der Waals surface area contributed by atoms with Crippen LogP contribution < -0.4 is 5.32 Å². The minimum Gasteiger partial charge on any atom is -0.480 e. The van der Waals surface area contributed by atoms with E-state index >= 15 is 0 Å². The molecule has 0 bridgehead atoms. The van der Waals surface area contributed by atoms with E-state index in [9.17, 15) is 18.4 Å². The Kier molecular flexibility index (Phi) is 5.50. The normalized spacial score (nSPS) is 12.2. The Balaban J connectivity index is 2.26. The highest BCUT2D eigenvalue weighted by Gasteiger charge is 2.26. The average Bonchev–Trinajstić information content (AvgIpc) is 2.88. The van der Waals surface area contributed by atoms with Crippen molar-refractivity contribution in [2.75, 3.05) is 0 Å². The molecule has 0 fully saturated rings. The summed E-state index contributed by atoms with van der Waals surface area (Å²) in [5.74, 6) is -2.32. The van der Waals surface area contributed by atoms with Gasteiger partial charge in [0.15, 0.2) is 0 Å². The number of hydrogen-bond acceptors (Lipinski definition) is 3. The fraction of sp³-hybridized carbons (Fsp3) is 0.267. The van der Waals surface area contributed by atoms with Gasteiger partial charge in [0.2, 0.25) is 6.43 Å². The Bertz CT molecular complexity index is 764. The quantitative estimate of drug-likeness (QED) is 0.832. The maximum absolute atomic E-state index is 12.4. The van der Waals surface area contributed by atoms with Gasteiger partial charge >= 0.3 is 5.97 Å². The maximum Gasteiger partial charge on any atom is 0.326 e. The van der Waals surface area contributed by atoms with Crippen molar-refractivity contribution < 1.29 is 23.5 Å². The Morgan fingerprint density at radius 2 is 2.04 bits per heavy atom. The fourth-order valence-electron chi connectivity index (χ4n) is 2.13. The lowest BCUT2D eigenvalue weighted by Crippen LogP contribution is -2.42. The second-order valence-electron chi connectivity index (χ2n) is 5.00. The third-order valence-corrected chi connectivity index (χ3v) is 3.67. The van der Waals surface area contributed by atoms with Crippen molar-refractivity contribution in [3.63, 3.8) is 0 Å². The molecule has 2 aromatic rings. The molecular formula is C15H14ClF2N3O3. The predicted molar refractivity (Wildman–Crippen MR) is 82.8 cm³/mol. The molecular weight excluding hydrogens is 344 g/mol. The number of hydrogen-bond donors (Lipinski definition) is 2. The molecule has 0 aliphatic rings. The zero-order chi connectivity index (χ0) is 17.9. The first-order chi connectivity index (χ1) is 11.3. The lowest BCUT2D eigenvalue weighted by atomic mass is 10.1. The second kappa shape index (κ2) is 7.39. The maximum atomic E-state index is 12.4. The lowest BCUT2D eigenvalue weighted by Gasteiger charge is -2.14. The highest BCUT2D eigenvalue weighted by atomic mass is 35.5. The van der Waals surface area contributed by atoms with Crippen molar-refractivity contribution in [1.82, 2.24) is 15.1 Å². The Hall–Kier alpha value is -2.48. The summed E-state index contributed by atoms with van der Waals surface area (Å²) in [5.41, 5.74) is 1.02. The molecule has 1 aromatic heterocycles. The van der Waals surface area contributed by atoms with Crippen LogP contribution in [0.3, 0.4) is 0 Å². The number of aliphatic carboxylic acids is 1. The fourth-order valence-corrected chi connectivity index (χ4v) is 2.35. The van der Waals surface area contributed by atoms with Crippen LogP contribution in [0.1, 0.15) is 22.5 Å². The summed E-state index contributed by atoms with van der Waals surface area (Å²) < 4.78 is 26.2. The molecule has 1 amide bonds. The number of halogens is 3. The molecule has 0 saturated heterocycles. The predicted octanol–water partition coefficient (Wildman–Crippen LogP) is 2.67. The van der Waals surface area contributed by atoms with Crippen LogP contribution in [0.4, 0.5) is 8.78 Å². The lowest BCUT2D eigenvalue weighted by molar-refractivity contribution is -0.140. The van der Waals surface area contributed by atoms with Gasteiger partial charge in [-0.1, -0.05) is 23.7 Å². The molecule has 128 valence electrons. The average molecular weight is 358 g/mol. The van der Waals surface area contributed by atoms with Gasteiger partial charge in [-0.3, -0.25) is 4.79 Å². The van der Waals surface area contributed by atoms with Crippen LogP contribution in [0.15, 0.2) is 30.5 Å². The molecule has 1 aromatic carbocycles. The summed E-state index contributed by atoms with van der Waals surface area (Å²) in [4.78, 5) is 23.2. The van der Waals surface area contributed by atoms with E-state index in [1.165, 1.54) is 10.9 Å². The van der Waals surface area contributed by atoms with Crippen LogP contribution in [-0.4, -0.2) is 39.2 Å². The Morgan fingerprint density at radius 3 is 2.62 bits per heavy atom. The summed E-state index contributed by atoms with van der Waals surface area (Å²) in [5, 5.41) is 15.5. The first kappa shape index (κ1) is 17.9. The number of alkyl halides is 2. The van der Waals surface area contributed by atoms with Gasteiger partial charge in [0, 0.05) is 6.42 Å². The first-order valence-corrected chi connectivity index (χ1v) is 7.30. The van der Waals surface area contributed by atoms with Crippen LogP contribution in [0.25, 0.3) is 5.69 Å². The van der Waals surface area contributed by atoms with E-state index in [1.807, 2.05) is 0 Å². The summed E-state index contributed by atoms with van der Waals surface area (Å²) >= 11 is 6.08. The van der Waals surface area contributed by atoms with E-state index in [-0.39, 0.29) is 5.56 Å². The molecule has 24 heavy (non-hydrogen) atoms. The summed E-state index contributed by atoms with van der Waals surface area (Å²) in [7, 11) is 0. The molecule has 2 rings (SSSR count). The minimum atomic E-state index is -2.85. The van der Waals surface area contributed by atoms with E-state index in [2.05, 4.69) is 10.4 Å². The molecule has 0 spiro atoms. The Labute approximate surface area is 141 Å². The number of carbonyl (C=O) groups is 2. The summed E-state index contributed by atoms with van der Waals surface area (Å²) in [6.07, 6.45) is -2.59. The van der Waals surface area contributed by atoms with Crippen LogP contribution in [0.2, 0.25) is 5.02 Å². The number of amides is 1. The molecule has 0 saturated carbocycles. The molecule has 2 N–H and O–H groups in total. The number of aromatic nitrogens is 2. The van der Waals surface area contributed by atoms with Gasteiger partial charge in [0.1, 0.15) is 6.04 Å². The van der Waals surface area contributed by atoms with Crippen molar-refractivity contribution in [2.24, 2.45) is 0 Å². The molecule has 9 heteroatoms. The number of carboxylic acid groups (broad SMARTS) is 1. The molecule has 6 nitrogen and oxygen atoms in total. The highest BCUT2D eigenvalue weighted by Crippen LogP contribution is 2.22. The van der Waals surface area contributed by atoms with Crippen molar-refractivity contribution in [3.05, 3.63) is 46.7 Å². The number of nitrogens with one attached hydrogen (secondary N) is 1. The van der Waals surface area contributed by atoms with Gasteiger partial charge in [-0.15, -0.1) is 0 Å². The number of para-hydroxylation sites is 1. The first-order valence-electron chi connectivity index (χ1n) is 6.92. The van der Waals surface area contributed by atoms with Gasteiger partial charge in [-0.05, 0) is 19.1 Å². The van der Waals surface area contributed by atoms with Crippen molar-refractivity contribution in [2.45, 2.75) is 25.8 Å². The number of nitrogens with zero attached hydrogens (tertiary/aromatic N) is 2. The number of carboxylic acids is 1. The smallest absolute Gasteiger partial charge is 0.326 e. The van der Waals surface area contributed by atoms with Gasteiger partial charge < -0.3 is 10.4 Å². The van der Waals surface area contributed by atoms with E-state index in [0.29, 0.717) is 16.4 Å². The minimum absolute atomic E-state index is 0.0791. The van der Waals surface area contributed by atoms with Gasteiger partial charge in [-0.2, -0.15) is 5.10 Å². The monoisotopic (exact) mass is 357 g/mol. The van der Waals surface area contributed by atoms with E-state index < -0.39 is 30.8 Å². The summed E-state index contributed by atoms with van der Waals surface area (Å²) in [6.45, 7) is 1.59. The zero-order valence-corrected chi connectivity index (χ0v) is 13.3. The summed E-state index contributed by atoms with van der Waals surface area (Å²) in [6, 6.07) is 5.15. The number of benzene rings is 1. The van der Waals surface area contributed by atoms with Crippen LogP contribution in [0, 0.1) is 6.92 Å². The SMILES string of the molecule is Cc1c(C(=O)NC(CC(F)F)C(=O)O)cnn1-c1ccccc1Cl. The highest BCUT2D eigenvalue weighted by molar-refractivity contribution is 6.32. The van der Waals surface area contributed by atoms with Crippen LogP contribution in [-0.2, 0) is 4.79 Å². The molecule has 1 atom stereocenters. The van der Waals surface area contributed by atoms with E-state index in [1.54, 1.807) is 31.2 Å². The number of carbonyl (C=O) groups excluding carboxylic acids is 1. The van der Waals surface area contributed by atoms with E-state index in [4.69, 9.17) is 16.7 Å². The van der Waals surface area contributed by atoms with E-state index in [0.717, 1.165) is 0 Å². The molecule has 1 unspecified atom stereocenters. The standard InChI is InChI=1S/C15H14ClF2N3O3/c1-8-9(14(22)20-11(15(23)24)6-13(17)18)7-19-21(8)12-5-3-2-4-10(12)16/h2-5,7,11,13H,6H2,1H3,(H,20,22)(H,23,24). The van der Waals surface area contributed by atoms with Gasteiger partial charge in [0.25, 0.3) is 5.91 Å². The molecule has 0 aliphatic heterocycles. The van der Waals surface area contributed by atoms with Gasteiger partial charge in [-0.25, -0.2) is 18.3 Å². The second-order valence-corrected chi connectivity index (χ2v) is 5.41. The third kappa shape index (κ3) is 3.88. The van der Waals surface area contributed by atoms with Crippen molar-refractivity contribution in [3.8, 4) is 5.69 Å². The molecule has 0 radical (unpaired) electrons. The number of rotatable bonds is 6. The Morgan fingerprint density at radius 1 is 1.38 bits per heavy atom. The van der Waals surface area contributed by atoms with Crippen molar-refractivity contribution >= 4 is 23.5 Å². The topological polar surface area (TPSA) is 84.2 Å². The van der Waals surface area contributed by atoms with Gasteiger partial charge in [0.05, 0.1) is 28.2 Å². The van der Waals surface area contributed by atoms with Crippen molar-refractivity contribution in [1.29, 1.82) is 0 Å². The zero-order valence-electron chi connectivity index (χ0n) is 12.5. The molecule has 1 heterocycles.